The van der Waals surface area contributed by atoms with Gasteiger partial charge in [-0.15, -0.1) is 0 Å². The first kappa shape index (κ1) is 14.4. The Labute approximate surface area is 116 Å². The number of hydrogen-bond donors (Lipinski definition) is 1. The van der Waals surface area contributed by atoms with Crippen molar-refractivity contribution in [2.24, 2.45) is 11.7 Å². The van der Waals surface area contributed by atoms with Crippen molar-refractivity contribution in [1.82, 2.24) is 4.90 Å². The Morgan fingerprint density at radius 1 is 1.32 bits per heavy atom. The zero-order valence-electron chi connectivity index (χ0n) is 12.4. The highest BCUT2D eigenvalue weighted by atomic mass is 16.5. The van der Waals surface area contributed by atoms with E-state index < -0.39 is 0 Å². The number of nitrogens with two attached hydrogens (primary N) is 1. The molecule has 3 heteroatoms. The summed E-state index contributed by atoms with van der Waals surface area (Å²) in [5, 5.41) is 0. The Bertz CT molecular complexity index is 409. The van der Waals surface area contributed by atoms with E-state index in [-0.39, 0.29) is 5.66 Å². The third-order valence-electron chi connectivity index (χ3n) is 4.25. The summed E-state index contributed by atoms with van der Waals surface area (Å²) >= 11 is 0. The minimum Gasteiger partial charge on any atom is -0.496 e. The molecule has 0 saturated carbocycles. The SMILES string of the molecule is COc1ccccc1CC(C)(N)N1CCC(C)CC1. The van der Waals surface area contributed by atoms with E-state index in [0.29, 0.717) is 0 Å². The summed E-state index contributed by atoms with van der Waals surface area (Å²) < 4.78 is 5.42. The lowest BCUT2D eigenvalue weighted by molar-refractivity contribution is 0.0690. The Kier molecular flexibility index (Phi) is 4.48. The van der Waals surface area contributed by atoms with Gasteiger partial charge in [0.05, 0.1) is 12.8 Å². The molecule has 1 heterocycles. The highest BCUT2D eigenvalue weighted by Gasteiger charge is 2.30. The van der Waals surface area contributed by atoms with E-state index in [9.17, 15) is 0 Å². The summed E-state index contributed by atoms with van der Waals surface area (Å²) in [6.07, 6.45) is 3.32. The van der Waals surface area contributed by atoms with Crippen molar-refractivity contribution in [3.8, 4) is 5.75 Å². The number of benzene rings is 1. The number of likely N-dealkylation sites (tertiary alicyclic amines) is 1. The lowest BCUT2D eigenvalue weighted by atomic mass is 9.93. The van der Waals surface area contributed by atoms with Gasteiger partial charge >= 0.3 is 0 Å². The second kappa shape index (κ2) is 5.93. The van der Waals surface area contributed by atoms with Gasteiger partial charge in [-0.3, -0.25) is 4.90 Å². The van der Waals surface area contributed by atoms with Gasteiger partial charge in [-0.2, -0.15) is 0 Å². The number of nitrogens with zero attached hydrogens (tertiary/aromatic N) is 1. The molecule has 2 rings (SSSR count). The van der Waals surface area contributed by atoms with Gasteiger partial charge in [-0.25, -0.2) is 0 Å². The van der Waals surface area contributed by atoms with E-state index in [1.807, 2.05) is 18.2 Å². The standard InChI is InChI=1S/C16H26N2O/c1-13-8-10-18(11-9-13)16(2,17)12-14-6-4-5-7-15(14)19-3/h4-7,13H,8-12,17H2,1-3H3. The lowest BCUT2D eigenvalue weighted by Crippen LogP contribution is -2.57. The molecular formula is C16H26N2O. The van der Waals surface area contributed by atoms with E-state index in [0.717, 1.165) is 31.2 Å². The zero-order valence-corrected chi connectivity index (χ0v) is 12.4. The third kappa shape index (κ3) is 3.48. The summed E-state index contributed by atoms with van der Waals surface area (Å²) in [6.45, 7) is 6.66. The molecule has 1 aliphatic heterocycles. The van der Waals surface area contributed by atoms with E-state index in [1.54, 1.807) is 7.11 Å². The highest BCUT2D eigenvalue weighted by Crippen LogP contribution is 2.27. The molecule has 2 N–H and O–H groups in total. The maximum atomic E-state index is 6.56. The molecule has 1 saturated heterocycles. The maximum Gasteiger partial charge on any atom is 0.122 e. The summed E-state index contributed by atoms with van der Waals surface area (Å²) in [5.74, 6) is 1.77. The fourth-order valence-electron chi connectivity index (χ4n) is 2.87. The third-order valence-corrected chi connectivity index (χ3v) is 4.25. The van der Waals surface area contributed by atoms with Gasteiger partial charge in [-0.1, -0.05) is 25.1 Å². The molecule has 0 amide bonds. The quantitative estimate of drug-likeness (QED) is 0.906. The van der Waals surface area contributed by atoms with Crippen LogP contribution in [0.2, 0.25) is 0 Å². The minimum absolute atomic E-state index is 0.297. The first-order chi connectivity index (χ1) is 9.03. The molecule has 0 bridgehead atoms. The van der Waals surface area contributed by atoms with Gasteiger partial charge in [0.25, 0.3) is 0 Å². The van der Waals surface area contributed by atoms with Gasteiger partial charge in [0, 0.05) is 19.5 Å². The van der Waals surface area contributed by atoms with Gasteiger partial charge in [0.15, 0.2) is 0 Å². The van der Waals surface area contributed by atoms with Crippen molar-refractivity contribution < 1.29 is 4.74 Å². The first-order valence-electron chi connectivity index (χ1n) is 7.19. The molecule has 0 aliphatic carbocycles. The molecule has 106 valence electrons. The fraction of sp³-hybridized carbons (Fsp3) is 0.625. The number of methoxy groups -OCH3 is 1. The van der Waals surface area contributed by atoms with Crippen LogP contribution in [0, 0.1) is 5.92 Å². The summed E-state index contributed by atoms with van der Waals surface area (Å²) in [5.41, 5.74) is 7.45. The predicted octanol–water partition coefficient (Wildman–Crippen LogP) is 2.64. The molecule has 1 fully saturated rings. The van der Waals surface area contributed by atoms with Crippen molar-refractivity contribution >= 4 is 0 Å². The fourth-order valence-corrected chi connectivity index (χ4v) is 2.87. The van der Waals surface area contributed by atoms with E-state index in [4.69, 9.17) is 10.5 Å². The van der Waals surface area contributed by atoms with Gasteiger partial charge < -0.3 is 10.5 Å². The summed E-state index contributed by atoms with van der Waals surface area (Å²) in [7, 11) is 1.72. The van der Waals surface area contributed by atoms with Crippen molar-refractivity contribution in [1.29, 1.82) is 0 Å². The first-order valence-corrected chi connectivity index (χ1v) is 7.19. The number of rotatable bonds is 4. The summed E-state index contributed by atoms with van der Waals surface area (Å²) in [4.78, 5) is 2.42. The van der Waals surface area contributed by atoms with Crippen molar-refractivity contribution in [2.75, 3.05) is 20.2 Å². The van der Waals surface area contributed by atoms with Crippen LogP contribution >= 0.6 is 0 Å². The second-order valence-corrected chi connectivity index (χ2v) is 6.02. The Morgan fingerprint density at radius 2 is 1.95 bits per heavy atom. The van der Waals surface area contributed by atoms with Crippen molar-refractivity contribution in [3.05, 3.63) is 29.8 Å². The van der Waals surface area contributed by atoms with Crippen LogP contribution in [0.1, 0.15) is 32.3 Å². The molecule has 19 heavy (non-hydrogen) atoms. The lowest BCUT2D eigenvalue weighted by Gasteiger charge is -2.42. The van der Waals surface area contributed by atoms with Crippen LogP contribution in [-0.2, 0) is 6.42 Å². The number of piperidine rings is 1. The maximum absolute atomic E-state index is 6.56. The number of hydrogen-bond acceptors (Lipinski definition) is 3. The van der Waals surface area contributed by atoms with E-state index in [2.05, 4.69) is 24.8 Å². The normalized spacial score (nSPS) is 21.1. The smallest absolute Gasteiger partial charge is 0.122 e. The Hall–Kier alpha value is -1.06. The number of para-hydroxylation sites is 1. The molecule has 0 spiro atoms. The largest absolute Gasteiger partial charge is 0.496 e. The van der Waals surface area contributed by atoms with Gasteiger partial charge in [-0.05, 0) is 37.3 Å². The molecule has 0 aromatic heterocycles. The van der Waals surface area contributed by atoms with Crippen LogP contribution in [-0.4, -0.2) is 30.8 Å². The topological polar surface area (TPSA) is 38.5 Å². The van der Waals surface area contributed by atoms with Crippen LogP contribution in [0.15, 0.2) is 24.3 Å². The van der Waals surface area contributed by atoms with Crippen LogP contribution in [0.4, 0.5) is 0 Å². The van der Waals surface area contributed by atoms with Crippen molar-refractivity contribution in [2.45, 2.75) is 38.8 Å². The average molecular weight is 262 g/mol. The molecule has 1 unspecified atom stereocenters. The molecule has 1 aliphatic rings. The highest BCUT2D eigenvalue weighted by molar-refractivity contribution is 5.34. The Morgan fingerprint density at radius 3 is 2.58 bits per heavy atom. The zero-order chi connectivity index (χ0) is 13.9. The molecule has 1 aromatic rings. The van der Waals surface area contributed by atoms with Crippen LogP contribution < -0.4 is 10.5 Å². The summed E-state index contributed by atoms with van der Waals surface area (Å²) in [6, 6.07) is 8.16. The van der Waals surface area contributed by atoms with Gasteiger partial charge in [0.2, 0.25) is 0 Å². The monoisotopic (exact) mass is 262 g/mol. The van der Waals surface area contributed by atoms with E-state index >= 15 is 0 Å². The van der Waals surface area contributed by atoms with Crippen LogP contribution in [0.3, 0.4) is 0 Å². The predicted molar refractivity (Wildman–Crippen MR) is 79.3 cm³/mol. The van der Waals surface area contributed by atoms with Crippen molar-refractivity contribution in [3.63, 3.8) is 0 Å². The molecular weight excluding hydrogens is 236 g/mol. The Balaban J connectivity index is 2.07. The molecule has 1 aromatic carbocycles. The molecule has 0 radical (unpaired) electrons. The minimum atomic E-state index is -0.297. The average Bonchev–Trinajstić information content (AvgIpc) is 2.39. The molecule has 3 nitrogen and oxygen atoms in total. The number of ether oxygens (including phenoxy) is 1. The van der Waals surface area contributed by atoms with Crippen LogP contribution in [0.5, 0.6) is 5.75 Å². The second-order valence-electron chi connectivity index (χ2n) is 6.02. The van der Waals surface area contributed by atoms with Crippen LogP contribution in [0.25, 0.3) is 0 Å². The van der Waals surface area contributed by atoms with Gasteiger partial charge in [0.1, 0.15) is 5.75 Å². The molecule has 1 atom stereocenters. The van der Waals surface area contributed by atoms with E-state index in [1.165, 1.54) is 18.4 Å².